The topological polar surface area (TPSA) is 96.2 Å². The Morgan fingerprint density at radius 1 is 0.926 bits per heavy atom. The Morgan fingerprint density at radius 3 is 2.07 bits per heavy atom. The lowest BCUT2D eigenvalue weighted by Crippen LogP contribution is -2.52. The molecule has 0 saturated heterocycles. The highest BCUT2D eigenvalue weighted by atomic mass is 16.2. The first-order valence-corrected chi connectivity index (χ1v) is 9.29. The van der Waals surface area contributed by atoms with Crippen LogP contribution in [0.5, 0.6) is 0 Å². The van der Waals surface area contributed by atoms with Gasteiger partial charge in [0, 0.05) is 11.4 Å². The van der Waals surface area contributed by atoms with Gasteiger partial charge in [0.2, 0.25) is 5.91 Å². The molecule has 6 heteroatoms. The summed E-state index contributed by atoms with van der Waals surface area (Å²) in [7, 11) is 0. The molecule has 2 aromatic carbocycles. The molecule has 1 saturated carbocycles. The number of carbonyl (C=O) groups excluding carboxylic acids is 2. The Kier molecular flexibility index (Phi) is 5.76. The quantitative estimate of drug-likeness (QED) is 0.648. The van der Waals surface area contributed by atoms with Crippen LogP contribution < -0.4 is 21.7 Å². The standard InChI is InChI=1S/C21H26N4O2/c1-15(23-19(26)21(22)13-5-6-14-21)16-9-11-18(12-10-16)25-20(27)24-17-7-3-2-4-8-17/h2-4,7-12,15H,5-6,13-14,22H2,1H3,(H,23,26)(H2,24,25,27). The molecule has 3 rings (SSSR count). The molecular formula is C21H26N4O2. The molecular weight excluding hydrogens is 340 g/mol. The summed E-state index contributed by atoms with van der Waals surface area (Å²) in [6, 6.07) is 16.2. The van der Waals surface area contributed by atoms with Crippen LogP contribution in [-0.4, -0.2) is 17.5 Å². The predicted molar refractivity (Wildman–Crippen MR) is 107 cm³/mol. The normalized spacial score (nSPS) is 16.4. The van der Waals surface area contributed by atoms with E-state index in [-0.39, 0.29) is 18.0 Å². The molecule has 2 aromatic rings. The van der Waals surface area contributed by atoms with Crippen LogP contribution in [0.15, 0.2) is 54.6 Å². The van der Waals surface area contributed by atoms with Crippen molar-refractivity contribution in [2.75, 3.05) is 10.6 Å². The van der Waals surface area contributed by atoms with E-state index >= 15 is 0 Å². The second-order valence-electron chi connectivity index (χ2n) is 7.13. The first kappa shape index (κ1) is 18.9. The molecule has 0 aliphatic heterocycles. The lowest BCUT2D eigenvalue weighted by atomic mass is 9.97. The number of hydrogen-bond donors (Lipinski definition) is 4. The van der Waals surface area contributed by atoms with Crippen LogP contribution in [0.3, 0.4) is 0 Å². The molecule has 1 fully saturated rings. The van der Waals surface area contributed by atoms with Crippen molar-refractivity contribution in [3.63, 3.8) is 0 Å². The SMILES string of the molecule is CC(NC(=O)C1(N)CCCC1)c1ccc(NC(=O)Nc2ccccc2)cc1. The van der Waals surface area contributed by atoms with E-state index in [4.69, 9.17) is 5.73 Å². The maximum Gasteiger partial charge on any atom is 0.323 e. The third-order valence-electron chi connectivity index (χ3n) is 5.00. The van der Waals surface area contributed by atoms with Crippen molar-refractivity contribution in [1.82, 2.24) is 5.32 Å². The molecule has 0 heterocycles. The Bertz CT molecular complexity index is 784. The average molecular weight is 366 g/mol. The van der Waals surface area contributed by atoms with Crippen LogP contribution >= 0.6 is 0 Å². The van der Waals surface area contributed by atoms with Crippen LogP contribution in [0.4, 0.5) is 16.2 Å². The van der Waals surface area contributed by atoms with Crippen LogP contribution in [-0.2, 0) is 4.79 Å². The maximum atomic E-state index is 12.4. The van der Waals surface area contributed by atoms with Crippen LogP contribution in [0.25, 0.3) is 0 Å². The van der Waals surface area contributed by atoms with E-state index in [1.54, 1.807) is 0 Å². The van der Waals surface area contributed by atoms with E-state index in [0.29, 0.717) is 5.69 Å². The first-order chi connectivity index (χ1) is 13.0. The van der Waals surface area contributed by atoms with E-state index in [9.17, 15) is 9.59 Å². The summed E-state index contributed by atoms with van der Waals surface area (Å²) in [4.78, 5) is 24.5. The van der Waals surface area contributed by atoms with Crippen LogP contribution in [0.1, 0.15) is 44.2 Å². The number of benzene rings is 2. The molecule has 142 valence electrons. The summed E-state index contributed by atoms with van der Waals surface area (Å²) in [5.74, 6) is -0.0862. The molecule has 0 radical (unpaired) electrons. The highest BCUT2D eigenvalue weighted by Crippen LogP contribution is 2.28. The van der Waals surface area contributed by atoms with Gasteiger partial charge in [-0.25, -0.2) is 4.79 Å². The van der Waals surface area contributed by atoms with Crippen molar-refractivity contribution >= 4 is 23.3 Å². The summed E-state index contributed by atoms with van der Waals surface area (Å²) in [5, 5.41) is 8.57. The summed E-state index contributed by atoms with van der Waals surface area (Å²) < 4.78 is 0. The Labute approximate surface area is 159 Å². The number of hydrogen-bond acceptors (Lipinski definition) is 3. The largest absolute Gasteiger partial charge is 0.348 e. The molecule has 0 aromatic heterocycles. The lowest BCUT2D eigenvalue weighted by molar-refractivity contribution is -0.126. The highest BCUT2D eigenvalue weighted by molar-refractivity contribution is 5.99. The van der Waals surface area contributed by atoms with Gasteiger partial charge in [0.05, 0.1) is 11.6 Å². The predicted octanol–water partition coefficient (Wildman–Crippen LogP) is 3.78. The van der Waals surface area contributed by atoms with E-state index in [1.165, 1.54) is 0 Å². The fraction of sp³-hybridized carbons (Fsp3) is 0.333. The fourth-order valence-corrected chi connectivity index (χ4v) is 3.33. The van der Waals surface area contributed by atoms with Gasteiger partial charge in [0.15, 0.2) is 0 Å². The van der Waals surface area contributed by atoms with Gasteiger partial charge in [-0.1, -0.05) is 43.2 Å². The first-order valence-electron chi connectivity index (χ1n) is 9.29. The monoisotopic (exact) mass is 366 g/mol. The Morgan fingerprint density at radius 2 is 1.48 bits per heavy atom. The van der Waals surface area contributed by atoms with Crippen molar-refractivity contribution in [3.05, 3.63) is 60.2 Å². The van der Waals surface area contributed by atoms with Gasteiger partial charge < -0.3 is 21.7 Å². The van der Waals surface area contributed by atoms with Crippen LogP contribution in [0.2, 0.25) is 0 Å². The molecule has 27 heavy (non-hydrogen) atoms. The maximum absolute atomic E-state index is 12.4. The summed E-state index contributed by atoms with van der Waals surface area (Å²) >= 11 is 0. The molecule has 1 aliphatic carbocycles. The number of nitrogens with one attached hydrogen (secondary N) is 3. The van der Waals surface area contributed by atoms with Crippen molar-refractivity contribution < 1.29 is 9.59 Å². The number of nitrogens with two attached hydrogens (primary N) is 1. The molecule has 0 bridgehead atoms. The van der Waals surface area contributed by atoms with Crippen molar-refractivity contribution in [3.8, 4) is 0 Å². The molecule has 1 unspecified atom stereocenters. The summed E-state index contributed by atoms with van der Waals surface area (Å²) in [6.45, 7) is 1.93. The van der Waals surface area contributed by atoms with Crippen LogP contribution in [0, 0.1) is 0 Å². The lowest BCUT2D eigenvalue weighted by Gasteiger charge is -2.25. The van der Waals surface area contributed by atoms with E-state index in [0.717, 1.165) is 36.9 Å². The Hall–Kier alpha value is -2.86. The smallest absolute Gasteiger partial charge is 0.323 e. The minimum absolute atomic E-state index is 0.0862. The average Bonchev–Trinajstić information content (AvgIpc) is 3.11. The second kappa shape index (κ2) is 8.22. The van der Waals surface area contributed by atoms with E-state index in [1.807, 2.05) is 61.5 Å². The van der Waals surface area contributed by atoms with Gasteiger partial charge in [-0.2, -0.15) is 0 Å². The molecule has 3 amide bonds. The van der Waals surface area contributed by atoms with Crippen molar-refractivity contribution in [2.24, 2.45) is 5.73 Å². The number of rotatable bonds is 5. The third-order valence-corrected chi connectivity index (χ3v) is 5.00. The minimum atomic E-state index is -0.731. The zero-order valence-electron chi connectivity index (χ0n) is 15.5. The zero-order chi connectivity index (χ0) is 19.3. The highest BCUT2D eigenvalue weighted by Gasteiger charge is 2.37. The van der Waals surface area contributed by atoms with Crippen molar-refractivity contribution in [1.29, 1.82) is 0 Å². The van der Waals surface area contributed by atoms with Gasteiger partial charge in [-0.05, 0) is 49.6 Å². The molecule has 0 spiro atoms. The number of urea groups is 1. The molecule has 5 N–H and O–H groups in total. The zero-order valence-corrected chi connectivity index (χ0v) is 15.5. The number of anilines is 2. The molecule has 1 aliphatic rings. The van der Waals surface area contributed by atoms with Gasteiger partial charge >= 0.3 is 6.03 Å². The summed E-state index contributed by atoms with van der Waals surface area (Å²) in [6.07, 6.45) is 3.49. The fourth-order valence-electron chi connectivity index (χ4n) is 3.33. The number of carbonyl (C=O) groups is 2. The third kappa shape index (κ3) is 4.86. The molecule has 6 nitrogen and oxygen atoms in total. The van der Waals surface area contributed by atoms with E-state index < -0.39 is 5.54 Å². The molecule has 1 atom stereocenters. The second-order valence-corrected chi connectivity index (χ2v) is 7.13. The van der Waals surface area contributed by atoms with Gasteiger partial charge in [0.25, 0.3) is 0 Å². The minimum Gasteiger partial charge on any atom is -0.348 e. The van der Waals surface area contributed by atoms with Gasteiger partial charge in [-0.15, -0.1) is 0 Å². The van der Waals surface area contributed by atoms with Crippen molar-refractivity contribution in [2.45, 2.75) is 44.2 Å². The van der Waals surface area contributed by atoms with E-state index in [2.05, 4.69) is 16.0 Å². The summed E-state index contributed by atoms with van der Waals surface area (Å²) in [5.41, 5.74) is 7.84. The van der Waals surface area contributed by atoms with Gasteiger partial charge in [-0.3, -0.25) is 4.79 Å². The van der Waals surface area contributed by atoms with Gasteiger partial charge in [0.1, 0.15) is 0 Å². The number of para-hydroxylation sites is 1. The number of amides is 3. The Balaban J connectivity index is 1.54.